The summed E-state index contributed by atoms with van der Waals surface area (Å²) in [5.74, 6) is 0.801. The Morgan fingerprint density at radius 1 is 1.22 bits per heavy atom. The summed E-state index contributed by atoms with van der Waals surface area (Å²) < 4.78 is 16.6. The van der Waals surface area contributed by atoms with Crippen LogP contribution < -0.4 is 15.6 Å². The fraction of sp³-hybridized carbons (Fsp3) is 0.550. The van der Waals surface area contributed by atoms with Gasteiger partial charge in [-0.2, -0.15) is 0 Å². The van der Waals surface area contributed by atoms with Gasteiger partial charge in [0.05, 0.1) is 36.4 Å². The zero-order valence-corrected chi connectivity index (χ0v) is 15.8. The molecule has 2 aliphatic heterocycles. The number of H-pyrrole nitrogens is 1. The lowest BCUT2D eigenvalue weighted by Gasteiger charge is -2.27. The van der Waals surface area contributed by atoms with Crippen molar-refractivity contribution in [2.24, 2.45) is 0 Å². The fourth-order valence-corrected chi connectivity index (χ4v) is 3.86. The lowest BCUT2D eigenvalue weighted by atomic mass is 9.99. The van der Waals surface area contributed by atoms with Crippen molar-refractivity contribution in [2.45, 2.75) is 19.4 Å². The first-order chi connectivity index (χ1) is 13.3. The fourth-order valence-electron chi connectivity index (χ4n) is 3.86. The van der Waals surface area contributed by atoms with Crippen LogP contribution in [0.4, 0.5) is 5.69 Å². The molecule has 0 radical (unpaired) electrons. The first-order valence-corrected chi connectivity index (χ1v) is 9.64. The monoisotopic (exact) mass is 373 g/mol. The predicted molar refractivity (Wildman–Crippen MR) is 105 cm³/mol. The van der Waals surface area contributed by atoms with Gasteiger partial charge in [0.25, 0.3) is 5.56 Å². The number of hydrogen-bond acceptors (Lipinski definition) is 6. The number of nitrogens with one attached hydrogen (secondary N) is 2. The van der Waals surface area contributed by atoms with Gasteiger partial charge in [0.1, 0.15) is 12.4 Å². The maximum Gasteiger partial charge on any atom is 0.253 e. The lowest BCUT2D eigenvalue weighted by Crippen LogP contribution is -2.35. The molecule has 2 aliphatic rings. The quantitative estimate of drug-likeness (QED) is 0.752. The Morgan fingerprint density at radius 2 is 2.07 bits per heavy atom. The molecule has 7 heteroatoms. The molecule has 0 atom stereocenters. The maximum atomic E-state index is 12.6. The van der Waals surface area contributed by atoms with Crippen LogP contribution in [0.2, 0.25) is 0 Å². The minimum Gasteiger partial charge on any atom is -0.490 e. The molecule has 1 fully saturated rings. The SMILES string of the molecule is COCCOc1cc(CN2CCOCC2)cc2[nH]c(=O)c3c(c12)NCCC3. The third kappa shape index (κ3) is 3.95. The molecule has 0 aliphatic carbocycles. The van der Waals surface area contributed by atoms with E-state index >= 15 is 0 Å². The molecule has 0 saturated carbocycles. The van der Waals surface area contributed by atoms with Crippen molar-refractivity contribution in [1.82, 2.24) is 9.88 Å². The van der Waals surface area contributed by atoms with Crippen LogP contribution >= 0.6 is 0 Å². The van der Waals surface area contributed by atoms with E-state index in [0.717, 1.165) is 85.7 Å². The smallest absolute Gasteiger partial charge is 0.253 e. The summed E-state index contributed by atoms with van der Waals surface area (Å²) in [6, 6.07) is 4.17. The van der Waals surface area contributed by atoms with E-state index in [1.54, 1.807) is 7.11 Å². The summed E-state index contributed by atoms with van der Waals surface area (Å²) in [6.45, 7) is 6.04. The molecular formula is C20H27N3O4. The number of rotatable bonds is 6. The van der Waals surface area contributed by atoms with Gasteiger partial charge in [0, 0.05) is 38.9 Å². The molecule has 0 bridgehead atoms. The molecule has 0 spiro atoms. The van der Waals surface area contributed by atoms with Crippen molar-refractivity contribution >= 4 is 16.6 Å². The molecule has 1 aromatic carbocycles. The highest BCUT2D eigenvalue weighted by atomic mass is 16.5. The number of benzene rings is 1. The molecule has 1 saturated heterocycles. The molecule has 3 heterocycles. The summed E-state index contributed by atoms with van der Waals surface area (Å²) in [5.41, 5.74) is 3.70. The Balaban J connectivity index is 1.76. The van der Waals surface area contributed by atoms with Gasteiger partial charge in [-0.15, -0.1) is 0 Å². The highest BCUT2D eigenvalue weighted by Crippen LogP contribution is 2.36. The van der Waals surface area contributed by atoms with Gasteiger partial charge in [-0.25, -0.2) is 0 Å². The van der Waals surface area contributed by atoms with Crippen LogP contribution in [0.25, 0.3) is 10.9 Å². The van der Waals surface area contributed by atoms with Crippen molar-refractivity contribution in [2.75, 3.05) is 58.5 Å². The second kappa shape index (κ2) is 8.29. The van der Waals surface area contributed by atoms with E-state index in [-0.39, 0.29) is 5.56 Å². The standard InChI is InChI=1S/C20H27N3O4/c1-25-9-10-27-17-12-14(13-23-5-7-26-8-6-23)11-16-18(17)19-15(20(24)22-16)3-2-4-21-19/h11-12,21H,2-10,13H2,1H3,(H,22,24). The summed E-state index contributed by atoms with van der Waals surface area (Å²) in [7, 11) is 1.66. The lowest BCUT2D eigenvalue weighted by molar-refractivity contribution is 0.0342. The van der Waals surface area contributed by atoms with Crippen LogP contribution in [-0.4, -0.2) is 63.1 Å². The van der Waals surface area contributed by atoms with E-state index < -0.39 is 0 Å². The summed E-state index contributed by atoms with van der Waals surface area (Å²) in [5, 5.41) is 4.38. The van der Waals surface area contributed by atoms with E-state index in [4.69, 9.17) is 14.2 Å². The Labute approximate surface area is 158 Å². The number of methoxy groups -OCH3 is 1. The predicted octanol–water partition coefficient (Wildman–Crippen LogP) is 1.74. The van der Waals surface area contributed by atoms with Gasteiger partial charge in [0.2, 0.25) is 0 Å². The van der Waals surface area contributed by atoms with Gasteiger partial charge >= 0.3 is 0 Å². The van der Waals surface area contributed by atoms with Crippen LogP contribution in [0.5, 0.6) is 5.75 Å². The van der Waals surface area contributed by atoms with Crippen molar-refractivity contribution < 1.29 is 14.2 Å². The highest BCUT2D eigenvalue weighted by Gasteiger charge is 2.20. The molecule has 4 rings (SSSR count). The van der Waals surface area contributed by atoms with E-state index in [1.165, 1.54) is 0 Å². The van der Waals surface area contributed by atoms with Crippen LogP contribution in [0, 0.1) is 0 Å². The first kappa shape index (κ1) is 18.3. The van der Waals surface area contributed by atoms with Crippen LogP contribution in [0.15, 0.2) is 16.9 Å². The Kier molecular flexibility index (Phi) is 5.61. The first-order valence-electron chi connectivity index (χ1n) is 9.64. The number of hydrogen-bond donors (Lipinski definition) is 2. The van der Waals surface area contributed by atoms with Crippen molar-refractivity contribution in [3.63, 3.8) is 0 Å². The van der Waals surface area contributed by atoms with Gasteiger partial charge in [-0.1, -0.05) is 0 Å². The van der Waals surface area contributed by atoms with Crippen molar-refractivity contribution in [1.29, 1.82) is 0 Å². The van der Waals surface area contributed by atoms with Crippen molar-refractivity contribution in [3.05, 3.63) is 33.6 Å². The van der Waals surface area contributed by atoms with E-state index in [0.29, 0.717) is 13.2 Å². The third-order valence-electron chi connectivity index (χ3n) is 5.20. The number of morpholine rings is 1. The number of aromatic nitrogens is 1. The summed E-state index contributed by atoms with van der Waals surface area (Å²) in [4.78, 5) is 18.0. The Morgan fingerprint density at radius 3 is 2.89 bits per heavy atom. The molecule has 0 amide bonds. The van der Waals surface area contributed by atoms with Crippen LogP contribution in [0.3, 0.4) is 0 Å². The molecule has 0 unspecified atom stereocenters. The number of fused-ring (bicyclic) bond motifs is 3. The number of anilines is 1. The van der Waals surface area contributed by atoms with E-state index in [2.05, 4.69) is 27.3 Å². The van der Waals surface area contributed by atoms with Gasteiger partial charge < -0.3 is 24.5 Å². The highest BCUT2D eigenvalue weighted by molar-refractivity contribution is 5.98. The minimum absolute atomic E-state index is 0.00364. The second-order valence-corrected chi connectivity index (χ2v) is 7.08. The minimum atomic E-state index is -0.00364. The van der Waals surface area contributed by atoms with Gasteiger partial charge in [-0.3, -0.25) is 9.69 Å². The van der Waals surface area contributed by atoms with E-state index in [1.807, 2.05) is 0 Å². The normalized spacial score (nSPS) is 17.5. The third-order valence-corrected chi connectivity index (χ3v) is 5.20. The van der Waals surface area contributed by atoms with Crippen LogP contribution in [-0.2, 0) is 22.4 Å². The maximum absolute atomic E-state index is 12.6. The molecule has 7 nitrogen and oxygen atoms in total. The summed E-state index contributed by atoms with van der Waals surface area (Å²) in [6.07, 6.45) is 1.76. The molecule has 27 heavy (non-hydrogen) atoms. The Hall–Kier alpha value is -2.09. The van der Waals surface area contributed by atoms with Gasteiger partial charge in [0.15, 0.2) is 0 Å². The zero-order valence-electron chi connectivity index (χ0n) is 15.8. The van der Waals surface area contributed by atoms with Crippen LogP contribution in [0.1, 0.15) is 17.5 Å². The molecular weight excluding hydrogens is 346 g/mol. The second-order valence-electron chi connectivity index (χ2n) is 7.08. The molecule has 146 valence electrons. The summed E-state index contributed by atoms with van der Waals surface area (Å²) >= 11 is 0. The van der Waals surface area contributed by atoms with E-state index in [9.17, 15) is 4.79 Å². The zero-order chi connectivity index (χ0) is 18.6. The Bertz CT molecular complexity index is 858. The molecule has 1 aromatic heterocycles. The molecule has 2 aromatic rings. The number of nitrogens with zero attached hydrogens (tertiary/aromatic N) is 1. The average molecular weight is 373 g/mol. The number of ether oxygens (including phenoxy) is 3. The van der Waals surface area contributed by atoms with Crippen molar-refractivity contribution in [3.8, 4) is 5.75 Å². The van der Waals surface area contributed by atoms with Gasteiger partial charge in [-0.05, 0) is 30.5 Å². The topological polar surface area (TPSA) is 75.8 Å². The average Bonchev–Trinajstić information content (AvgIpc) is 2.69. The number of pyridine rings is 1. The number of aromatic amines is 1. The largest absolute Gasteiger partial charge is 0.490 e. The molecule has 2 N–H and O–H groups in total.